The van der Waals surface area contributed by atoms with Crippen molar-refractivity contribution in [2.45, 2.75) is 32.7 Å². The molecule has 0 spiro atoms. The maximum atomic E-state index is 13.6. The van der Waals surface area contributed by atoms with Crippen molar-refractivity contribution in [1.82, 2.24) is 0 Å². The highest BCUT2D eigenvalue weighted by Gasteiger charge is 2.40. The molecular weight excluding hydrogens is 418 g/mol. The molecular formula is C30H26N3O+. The molecule has 4 nitrogen and oxygen atoms in total. The third-order valence-electron chi connectivity index (χ3n) is 7.11. The van der Waals surface area contributed by atoms with Crippen LogP contribution in [-0.2, 0) is 4.79 Å². The highest BCUT2D eigenvalue weighted by atomic mass is 16.1. The van der Waals surface area contributed by atoms with Crippen molar-refractivity contribution in [2.75, 3.05) is 5.32 Å². The number of fused-ring (bicyclic) bond motifs is 5. The van der Waals surface area contributed by atoms with E-state index in [1.54, 1.807) is 0 Å². The lowest BCUT2D eigenvalue weighted by molar-refractivity contribution is -0.118. The van der Waals surface area contributed by atoms with Crippen LogP contribution in [0.15, 0.2) is 83.5 Å². The van der Waals surface area contributed by atoms with Gasteiger partial charge in [-0.15, -0.1) is 0 Å². The summed E-state index contributed by atoms with van der Waals surface area (Å²) in [6, 6.07) is 25.1. The normalized spacial score (nSPS) is 18.8. The number of carbonyl (C=O) groups excluding carboxylic acids is 1. The molecule has 1 atom stereocenters. The highest BCUT2D eigenvalue weighted by Crippen LogP contribution is 2.52. The Kier molecular flexibility index (Phi) is 4.55. The van der Waals surface area contributed by atoms with Gasteiger partial charge in [0.1, 0.15) is 10.8 Å². The molecule has 0 saturated carbocycles. The third-order valence-corrected chi connectivity index (χ3v) is 7.11. The average Bonchev–Trinajstić information content (AvgIpc) is 2.82. The van der Waals surface area contributed by atoms with Crippen molar-refractivity contribution in [3.63, 3.8) is 0 Å². The maximum Gasteiger partial charge on any atom is 0.296 e. The fourth-order valence-corrected chi connectivity index (χ4v) is 5.64. The summed E-state index contributed by atoms with van der Waals surface area (Å²) in [7, 11) is 0. The first-order valence-corrected chi connectivity index (χ1v) is 11.7. The molecule has 0 aromatic heterocycles. The van der Waals surface area contributed by atoms with Crippen molar-refractivity contribution in [2.24, 2.45) is 10.5 Å². The van der Waals surface area contributed by atoms with Gasteiger partial charge in [0.15, 0.2) is 5.78 Å². The summed E-state index contributed by atoms with van der Waals surface area (Å²) in [5.74, 6) is 0.230. The fraction of sp³-hybridized carbons (Fsp3) is 0.200. The second-order valence-corrected chi connectivity index (χ2v) is 10.2. The summed E-state index contributed by atoms with van der Waals surface area (Å²) >= 11 is 0. The molecule has 34 heavy (non-hydrogen) atoms. The zero-order valence-electron chi connectivity index (χ0n) is 19.4. The molecule has 0 amide bonds. The standard InChI is InChI=1S/C30H25N3O/c1-30(2)16-24-27-23-15-20-7-5-4-6-19(20)14-21(23)10-13-25(27)32-29(28(24)26(34)17-30)18-8-11-22(12-9-18)33-31-3/h4-15,29H,3,16-17H2,1-2H3/p+1. The Hall–Kier alpha value is -4.01. The molecule has 1 heterocycles. The van der Waals surface area contributed by atoms with Crippen LogP contribution in [0.25, 0.3) is 27.1 Å². The molecule has 0 bridgehead atoms. The van der Waals surface area contributed by atoms with Gasteiger partial charge in [0.25, 0.3) is 6.72 Å². The minimum absolute atomic E-state index is 0.0769. The Bertz CT molecular complexity index is 1570. The summed E-state index contributed by atoms with van der Waals surface area (Å²) in [6.07, 6.45) is 1.43. The van der Waals surface area contributed by atoms with E-state index in [9.17, 15) is 4.79 Å². The zero-order valence-corrected chi connectivity index (χ0v) is 19.4. The van der Waals surface area contributed by atoms with E-state index in [4.69, 9.17) is 0 Å². The first kappa shape index (κ1) is 20.6. The maximum absolute atomic E-state index is 13.6. The highest BCUT2D eigenvalue weighted by molar-refractivity contribution is 6.14. The van der Waals surface area contributed by atoms with Crippen LogP contribution in [0.4, 0.5) is 11.4 Å². The third kappa shape index (κ3) is 3.27. The number of ketones is 1. The molecule has 1 aliphatic heterocycles. The van der Waals surface area contributed by atoms with E-state index in [1.807, 2.05) is 24.3 Å². The Morgan fingerprint density at radius 2 is 1.68 bits per heavy atom. The Labute approximate surface area is 198 Å². The van der Waals surface area contributed by atoms with Crippen LogP contribution in [0.2, 0.25) is 0 Å². The predicted molar refractivity (Wildman–Crippen MR) is 139 cm³/mol. The van der Waals surface area contributed by atoms with E-state index in [0.29, 0.717) is 6.42 Å². The van der Waals surface area contributed by atoms with Gasteiger partial charge in [-0.3, -0.25) is 4.79 Å². The molecule has 166 valence electrons. The van der Waals surface area contributed by atoms with Crippen LogP contribution in [0.5, 0.6) is 0 Å². The van der Waals surface area contributed by atoms with E-state index in [1.165, 1.54) is 32.7 Å². The molecule has 1 N–H and O–H groups in total. The van der Waals surface area contributed by atoms with Gasteiger partial charge in [-0.1, -0.05) is 56.3 Å². The van der Waals surface area contributed by atoms with Crippen molar-refractivity contribution in [1.29, 1.82) is 0 Å². The number of allylic oxidation sites excluding steroid dienone is 1. The molecule has 0 saturated heterocycles. The molecule has 1 unspecified atom stereocenters. The molecule has 4 aromatic rings. The van der Waals surface area contributed by atoms with Gasteiger partial charge in [0.2, 0.25) is 0 Å². The molecule has 4 aromatic carbocycles. The fourth-order valence-electron chi connectivity index (χ4n) is 5.64. The van der Waals surface area contributed by atoms with E-state index in [-0.39, 0.29) is 17.2 Å². The second-order valence-electron chi connectivity index (χ2n) is 10.2. The number of carbonyl (C=O) groups is 1. The van der Waals surface area contributed by atoms with E-state index in [2.05, 4.69) is 84.3 Å². The van der Waals surface area contributed by atoms with Crippen LogP contribution >= 0.6 is 0 Å². The Morgan fingerprint density at radius 3 is 2.41 bits per heavy atom. The summed E-state index contributed by atoms with van der Waals surface area (Å²) in [5.41, 5.74) is 6.07. The van der Waals surface area contributed by atoms with Crippen molar-refractivity contribution < 1.29 is 9.58 Å². The van der Waals surface area contributed by atoms with Gasteiger partial charge in [-0.2, -0.15) is 0 Å². The number of Topliss-reactive ketones (excluding diaryl/α,β-unsaturated/α-hetero) is 1. The van der Waals surface area contributed by atoms with Crippen LogP contribution in [0.1, 0.15) is 43.9 Å². The van der Waals surface area contributed by atoms with Crippen LogP contribution in [0, 0.1) is 5.41 Å². The van der Waals surface area contributed by atoms with Crippen LogP contribution < -0.4 is 5.32 Å². The number of benzene rings is 4. The van der Waals surface area contributed by atoms with Crippen LogP contribution in [0.3, 0.4) is 0 Å². The van der Waals surface area contributed by atoms with Crippen molar-refractivity contribution in [3.05, 3.63) is 89.5 Å². The minimum Gasteiger partial charge on any atom is -0.373 e. The zero-order chi connectivity index (χ0) is 23.4. The first-order chi connectivity index (χ1) is 16.4. The van der Waals surface area contributed by atoms with Crippen molar-refractivity contribution in [3.8, 4) is 0 Å². The van der Waals surface area contributed by atoms with E-state index in [0.717, 1.165) is 28.9 Å². The molecule has 6 rings (SSSR count). The molecule has 1 aliphatic carbocycles. The van der Waals surface area contributed by atoms with Gasteiger partial charge < -0.3 is 5.32 Å². The lowest BCUT2D eigenvalue weighted by Gasteiger charge is -2.40. The summed E-state index contributed by atoms with van der Waals surface area (Å²) in [4.78, 5) is 17.2. The predicted octanol–water partition coefficient (Wildman–Crippen LogP) is 7.30. The van der Waals surface area contributed by atoms with Gasteiger partial charge in [0.05, 0.1) is 6.04 Å². The lowest BCUT2D eigenvalue weighted by atomic mass is 9.68. The van der Waals surface area contributed by atoms with Crippen molar-refractivity contribution >= 4 is 51.0 Å². The monoisotopic (exact) mass is 444 g/mol. The quantitative estimate of drug-likeness (QED) is 0.153. The number of nitrogens with zero attached hydrogens (tertiary/aromatic N) is 2. The largest absolute Gasteiger partial charge is 0.373 e. The Balaban J connectivity index is 1.61. The van der Waals surface area contributed by atoms with Gasteiger partial charge in [0, 0.05) is 28.0 Å². The summed E-state index contributed by atoms with van der Waals surface area (Å²) < 4.78 is 0. The lowest BCUT2D eigenvalue weighted by Crippen LogP contribution is -2.33. The van der Waals surface area contributed by atoms with E-state index >= 15 is 0 Å². The second kappa shape index (κ2) is 7.51. The van der Waals surface area contributed by atoms with Crippen LogP contribution in [-0.4, -0.2) is 17.3 Å². The molecule has 0 fully saturated rings. The summed E-state index contributed by atoms with van der Waals surface area (Å²) in [5, 5.41) is 12.6. The summed E-state index contributed by atoms with van der Waals surface area (Å²) in [6.45, 7) is 7.83. The number of hydrogen-bond donors (Lipinski definition) is 1. The van der Waals surface area contributed by atoms with Gasteiger partial charge >= 0.3 is 0 Å². The number of rotatable bonds is 2. The number of hydrogen-bond acceptors (Lipinski definition) is 3. The minimum atomic E-state index is -0.185. The van der Waals surface area contributed by atoms with Gasteiger partial charge in [-0.25, -0.2) is 0 Å². The molecule has 4 heteroatoms. The molecule has 2 aliphatic rings. The van der Waals surface area contributed by atoms with E-state index < -0.39 is 0 Å². The topological polar surface area (TPSA) is 55.6 Å². The smallest absolute Gasteiger partial charge is 0.296 e. The average molecular weight is 445 g/mol. The SMILES string of the molecule is C=[N+]=Nc1ccc(C2Nc3ccc4cc5ccccc5cc4c3C3=C2C(=O)CC(C)(C)C3)cc1. The van der Waals surface area contributed by atoms with Gasteiger partial charge in [-0.05, 0) is 74.8 Å². The Morgan fingerprint density at radius 1 is 0.941 bits per heavy atom. The number of anilines is 1. The molecule has 0 radical (unpaired) electrons. The number of nitrogens with one attached hydrogen (secondary N) is 1. The first-order valence-electron chi connectivity index (χ1n) is 11.7.